The van der Waals surface area contributed by atoms with E-state index >= 15 is 0 Å². The Balaban J connectivity index is 1.50. The molecule has 0 spiro atoms. The Morgan fingerprint density at radius 1 is 1.12 bits per heavy atom. The van der Waals surface area contributed by atoms with E-state index in [4.69, 9.17) is 0 Å². The number of hydrogen-bond acceptors (Lipinski definition) is 3. The molecule has 24 heavy (non-hydrogen) atoms. The van der Waals surface area contributed by atoms with Crippen LogP contribution in [0, 0.1) is 0 Å². The summed E-state index contributed by atoms with van der Waals surface area (Å²) in [7, 11) is 0. The molecule has 4 heteroatoms. The van der Waals surface area contributed by atoms with E-state index in [2.05, 4.69) is 60.9 Å². The molecule has 1 aromatic heterocycles. The van der Waals surface area contributed by atoms with E-state index in [9.17, 15) is 4.79 Å². The summed E-state index contributed by atoms with van der Waals surface area (Å²) in [5.41, 5.74) is 3.47. The number of rotatable bonds is 6. The standard InChI is InChI=1S/C20H21NOS2/c1-14(2)15-7-9-17(10-8-15)21-20(22)13-23-11-16-12-24-19-6-4-3-5-18(16)19/h3-10,12,14H,11,13H2,1-2H3,(H,21,22). The number of fused-ring (bicyclic) bond motifs is 1. The summed E-state index contributed by atoms with van der Waals surface area (Å²) in [6.07, 6.45) is 0. The SMILES string of the molecule is CC(C)c1ccc(NC(=O)CSCc2csc3ccccc23)cc1. The van der Waals surface area contributed by atoms with E-state index in [1.807, 2.05) is 12.1 Å². The maximum atomic E-state index is 12.1. The van der Waals surface area contributed by atoms with Crippen molar-refractivity contribution in [1.82, 2.24) is 0 Å². The van der Waals surface area contributed by atoms with E-state index in [0.717, 1.165) is 11.4 Å². The van der Waals surface area contributed by atoms with Crippen molar-refractivity contribution in [3.05, 3.63) is 65.0 Å². The van der Waals surface area contributed by atoms with Crippen LogP contribution in [-0.4, -0.2) is 11.7 Å². The average molecular weight is 356 g/mol. The van der Waals surface area contributed by atoms with Gasteiger partial charge in [-0.2, -0.15) is 0 Å². The molecule has 1 heterocycles. The number of carbonyl (C=O) groups is 1. The molecule has 0 atom stereocenters. The van der Waals surface area contributed by atoms with Gasteiger partial charge < -0.3 is 5.32 Å². The molecule has 0 aliphatic carbocycles. The van der Waals surface area contributed by atoms with Gasteiger partial charge in [-0.15, -0.1) is 23.1 Å². The number of benzene rings is 2. The first-order valence-corrected chi connectivity index (χ1v) is 10.1. The van der Waals surface area contributed by atoms with Crippen molar-refractivity contribution in [2.75, 3.05) is 11.1 Å². The topological polar surface area (TPSA) is 29.1 Å². The van der Waals surface area contributed by atoms with Crippen molar-refractivity contribution in [2.45, 2.75) is 25.5 Å². The van der Waals surface area contributed by atoms with Gasteiger partial charge in [0.15, 0.2) is 0 Å². The molecule has 2 nitrogen and oxygen atoms in total. The Hall–Kier alpha value is -1.78. The van der Waals surface area contributed by atoms with Crippen LogP contribution in [0.3, 0.4) is 0 Å². The minimum absolute atomic E-state index is 0.0526. The molecule has 0 aliphatic rings. The van der Waals surface area contributed by atoms with Crippen LogP contribution in [0.1, 0.15) is 30.9 Å². The van der Waals surface area contributed by atoms with Gasteiger partial charge in [0, 0.05) is 16.1 Å². The maximum absolute atomic E-state index is 12.1. The molecule has 1 amide bonds. The third kappa shape index (κ3) is 4.19. The lowest BCUT2D eigenvalue weighted by atomic mass is 10.0. The van der Waals surface area contributed by atoms with Gasteiger partial charge in [-0.25, -0.2) is 0 Å². The molecule has 3 rings (SSSR count). The number of thiophene rings is 1. The summed E-state index contributed by atoms with van der Waals surface area (Å²) < 4.78 is 1.31. The Bertz CT molecular complexity index is 821. The van der Waals surface area contributed by atoms with Gasteiger partial charge in [0.1, 0.15) is 0 Å². The fraction of sp³-hybridized carbons (Fsp3) is 0.250. The number of nitrogens with one attached hydrogen (secondary N) is 1. The van der Waals surface area contributed by atoms with Crippen molar-refractivity contribution in [3.63, 3.8) is 0 Å². The highest BCUT2D eigenvalue weighted by Gasteiger charge is 2.07. The highest BCUT2D eigenvalue weighted by atomic mass is 32.2. The molecular weight excluding hydrogens is 334 g/mol. The molecule has 0 unspecified atom stereocenters. The van der Waals surface area contributed by atoms with Crippen LogP contribution >= 0.6 is 23.1 Å². The lowest BCUT2D eigenvalue weighted by Crippen LogP contribution is -2.14. The third-order valence-electron chi connectivity index (χ3n) is 3.91. The van der Waals surface area contributed by atoms with E-state index in [1.165, 1.54) is 21.2 Å². The first-order valence-electron chi connectivity index (χ1n) is 8.06. The number of hydrogen-bond donors (Lipinski definition) is 1. The Labute approximate surface area is 151 Å². The van der Waals surface area contributed by atoms with Crippen molar-refractivity contribution < 1.29 is 4.79 Å². The minimum Gasteiger partial charge on any atom is -0.325 e. The summed E-state index contributed by atoms with van der Waals surface area (Å²) in [6, 6.07) is 16.5. The Morgan fingerprint density at radius 2 is 1.88 bits per heavy atom. The predicted octanol–water partition coefficient (Wildman–Crippen LogP) is 5.90. The van der Waals surface area contributed by atoms with Crippen LogP contribution in [0.25, 0.3) is 10.1 Å². The zero-order valence-electron chi connectivity index (χ0n) is 13.9. The van der Waals surface area contributed by atoms with E-state index < -0.39 is 0 Å². The Kier molecular flexibility index (Phi) is 5.59. The van der Waals surface area contributed by atoms with E-state index in [1.54, 1.807) is 23.1 Å². The summed E-state index contributed by atoms with van der Waals surface area (Å²) in [5, 5.41) is 6.47. The van der Waals surface area contributed by atoms with E-state index in [0.29, 0.717) is 11.7 Å². The molecule has 3 aromatic rings. The van der Waals surface area contributed by atoms with Gasteiger partial charge in [-0.05, 0) is 46.0 Å². The van der Waals surface area contributed by atoms with Crippen LogP contribution in [0.2, 0.25) is 0 Å². The van der Waals surface area contributed by atoms with Gasteiger partial charge in [0.05, 0.1) is 5.75 Å². The summed E-state index contributed by atoms with van der Waals surface area (Å²) in [5.74, 6) is 1.89. The zero-order chi connectivity index (χ0) is 16.9. The quantitative estimate of drug-likeness (QED) is 0.597. The molecule has 1 N–H and O–H groups in total. The largest absolute Gasteiger partial charge is 0.325 e. The summed E-state index contributed by atoms with van der Waals surface area (Å²) in [4.78, 5) is 12.1. The molecule has 2 aromatic carbocycles. The fourth-order valence-corrected chi connectivity index (χ4v) is 4.43. The molecule has 0 aliphatic heterocycles. The van der Waals surface area contributed by atoms with Crippen molar-refractivity contribution in [1.29, 1.82) is 0 Å². The molecule has 0 saturated heterocycles. The number of amides is 1. The first kappa shape index (κ1) is 17.1. The molecule has 0 saturated carbocycles. The van der Waals surface area contributed by atoms with Crippen LogP contribution in [-0.2, 0) is 10.5 Å². The van der Waals surface area contributed by atoms with Crippen LogP contribution in [0.15, 0.2) is 53.9 Å². The third-order valence-corrected chi connectivity index (χ3v) is 5.91. The maximum Gasteiger partial charge on any atom is 0.234 e. The van der Waals surface area contributed by atoms with Crippen LogP contribution in [0.5, 0.6) is 0 Å². The lowest BCUT2D eigenvalue weighted by molar-refractivity contribution is -0.113. The fourth-order valence-electron chi connectivity index (χ4n) is 2.55. The van der Waals surface area contributed by atoms with Crippen molar-refractivity contribution in [3.8, 4) is 0 Å². The Morgan fingerprint density at radius 3 is 2.62 bits per heavy atom. The molecular formula is C20H21NOS2. The summed E-state index contributed by atoms with van der Waals surface area (Å²) >= 11 is 3.42. The predicted molar refractivity (Wildman–Crippen MR) is 107 cm³/mol. The van der Waals surface area contributed by atoms with Crippen LogP contribution < -0.4 is 5.32 Å². The van der Waals surface area contributed by atoms with Gasteiger partial charge in [0.25, 0.3) is 0 Å². The average Bonchev–Trinajstić information content (AvgIpc) is 2.99. The highest BCUT2D eigenvalue weighted by molar-refractivity contribution is 7.99. The number of carbonyl (C=O) groups excluding carboxylic acids is 1. The van der Waals surface area contributed by atoms with Gasteiger partial charge in [0.2, 0.25) is 5.91 Å². The second-order valence-electron chi connectivity index (χ2n) is 6.07. The molecule has 0 fully saturated rings. The molecule has 0 bridgehead atoms. The monoisotopic (exact) mass is 355 g/mol. The van der Waals surface area contributed by atoms with Crippen molar-refractivity contribution >= 4 is 44.8 Å². The number of thioether (sulfide) groups is 1. The number of anilines is 1. The van der Waals surface area contributed by atoms with Gasteiger partial charge >= 0.3 is 0 Å². The zero-order valence-corrected chi connectivity index (χ0v) is 15.5. The molecule has 0 radical (unpaired) electrons. The smallest absolute Gasteiger partial charge is 0.234 e. The minimum atomic E-state index is 0.0526. The van der Waals surface area contributed by atoms with Crippen LogP contribution in [0.4, 0.5) is 5.69 Å². The molecule has 124 valence electrons. The second-order valence-corrected chi connectivity index (χ2v) is 7.97. The second kappa shape index (κ2) is 7.86. The first-order chi connectivity index (χ1) is 11.6. The normalized spacial score (nSPS) is 11.1. The summed E-state index contributed by atoms with van der Waals surface area (Å²) in [6.45, 7) is 4.33. The van der Waals surface area contributed by atoms with E-state index in [-0.39, 0.29) is 5.91 Å². The van der Waals surface area contributed by atoms with Crippen molar-refractivity contribution in [2.24, 2.45) is 0 Å². The van der Waals surface area contributed by atoms with Gasteiger partial charge in [-0.1, -0.05) is 44.2 Å². The lowest BCUT2D eigenvalue weighted by Gasteiger charge is -2.08. The van der Waals surface area contributed by atoms with Gasteiger partial charge in [-0.3, -0.25) is 4.79 Å². The highest BCUT2D eigenvalue weighted by Crippen LogP contribution is 2.28.